The fraction of sp³-hybridized carbons (Fsp3) is 0.381. The highest BCUT2D eigenvalue weighted by molar-refractivity contribution is 6.30. The minimum Gasteiger partial charge on any atom is -0.465 e. The molecule has 0 aliphatic carbocycles. The summed E-state index contributed by atoms with van der Waals surface area (Å²) in [5, 5.41) is 2.34. The Morgan fingerprint density at radius 3 is 2.81 bits per heavy atom. The number of hydrazine groups is 1. The van der Waals surface area contributed by atoms with Crippen molar-refractivity contribution in [1.82, 2.24) is 15.3 Å². The molecule has 1 saturated heterocycles. The Hall–Kier alpha value is -2.88. The number of piperidine rings is 1. The highest BCUT2D eigenvalue weighted by atomic mass is 35.5. The zero-order valence-electron chi connectivity index (χ0n) is 17.0. The van der Waals surface area contributed by atoms with Gasteiger partial charge in [0.25, 0.3) is 0 Å². The van der Waals surface area contributed by atoms with Crippen LogP contribution in [-0.4, -0.2) is 40.9 Å². The highest BCUT2D eigenvalue weighted by Crippen LogP contribution is 2.38. The summed E-state index contributed by atoms with van der Waals surface area (Å²) in [4.78, 5) is 15.6. The summed E-state index contributed by atoms with van der Waals surface area (Å²) in [5.74, 6) is 1.83. The van der Waals surface area contributed by atoms with E-state index < -0.39 is 5.66 Å². The molecule has 3 aliphatic rings. The molecule has 0 amide bonds. The molecule has 0 spiro atoms. The van der Waals surface area contributed by atoms with E-state index in [1.165, 1.54) is 5.56 Å². The maximum Gasteiger partial charge on any atom is 0.248 e. The third kappa shape index (κ3) is 4.04. The van der Waals surface area contributed by atoms with E-state index in [9.17, 15) is 0 Å². The molecule has 5 rings (SSSR count). The molecule has 4 heterocycles. The molecule has 10 heteroatoms. The maximum absolute atomic E-state index is 6.06. The predicted octanol–water partition coefficient (Wildman–Crippen LogP) is 2.21. The van der Waals surface area contributed by atoms with Gasteiger partial charge in [0, 0.05) is 18.1 Å². The third-order valence-corrected chi connectivity index (χ3v) is 6.15. The van der Waals surface area contributed by atoms with Crippen molar-refractivity contribution in [2.45, 2.75) is 31.5 Å². The topological polar surface area (TPSA) is 121 Å². The van der Waals surface area contributed by atoms with Crippen molar-refractivity contribution in [2.24, 2.45) is 32.4 Å². The van der Waals surface area contributed by atoms with Crippen molar-refractivity contribution >= 4 is 29.5 Å². The van der Waals surface area contributed by atoms with Gasteiger partial charge in [-0.15, -0.1) is 0 Å². The number of aliphatic imine (C=N–C) groups is 3. The van der Waals surface area contributed by atoms with Gasteiger partial charge in [-0.3, -0.25) is 4.90 Å². The first kappa shape index (κ1) is 20.0. The lowest BCUT2D eigenvalue weighted by atomic mass is 9.87. The van der Waals surface area contributed by atoms with Gasteiger partial charge in [0.15, 0.2) is 5.66 Å². The molecule has 2 unspecified atom stereocenters. The third-order valence-electron chi connectivity index (χ3n) is 5.90. The number of benzene rings is 1. The smallest absolute Gasteiger partial charge is 0.248 e. The Morgan fingerprint density at radius 2 is 2.03 bits per heavy atom. The van der Waals surface area contributed by atoms with Crippen LogP contribution in [0.4, 0.5) is 0 Å². The molecule has 0 saturated carbocycles. The van der Waals surface area contributed by atoms with Crippen LogP contribution in [-0.2, 0) is 12.2 Å². The number of nitrogens with one attached hydrogen (secondary N) is 1. The molecule has 9 nitrogen and oxygen atoms in total. The zero-order valence-corrected chi connectivity index (χ0v) is 17.8. The zero-order chi connectivity index (χ0) is 21.4. The van der Waals surface area contributed by atoms with E-state index in [0.29, 0.717) is 17.6 Å². The van der Waals surface area contributed by atoms with Gasteiger partial charge in [-0.2, -0.15) is 15.4 Å². The normalized spacial score (nSPS) is 26.3. The number of halogens is 1. The number of fused-ring (bicyclic) bond motifs is 1. The quantitative estimate of drug-likeness (QED) is 0.655. The number of nitrogens with two attached hydrogens (primary N) is 2. The van der Waals surface area contributed by atoms with Gasteiger partial charge in [0.1, 0.15) is 5.76 Å². The van der Waals surface area contributed by atoms with Gasteiger partial charge in [-0.25, -0.2) is 10.0 Å². The highest BCUT2D eigenvalue weighted by Gasteiger charge is 2.47. The standard InChI is InChI=1S/C21H25ClN8O/c22-16-7-5-14(6-8-16)12-29-9-1-3-15(13-29)11-21(17-4-2-10-31-17)27-20-26-18(23)25-19(24)30(20)28-21/h2,4-8,10,15,28H,1,3,9,11-13H2,(H4,23,24,25,26,27). The number of hydrogen-bond acceptors (Lipinski definition) is 9. The molecule has 1 aromatic heterocycles. The van der Waals surface area contributed by atoms with Crippen molar-refractivity contribution in [3.05, 3.63) is 59.0 Å². The molecule has 1 fully saturated rings. The van der Waals surface area contributed by atoms with E-state index in [1.54, 1.807) is 11.3 Å². The summed E-state index contributed by atoms with van der Waals surface area (Å²) >= 11 is 6.03. The number of likely N-dealkylation sites (tertiary alicyclic amines) is 1. The molecule has 3 aliphatic heterocycles. The molecule has 2 atom stereocenters. The SMILES string of the molecule is NC1=NC2=NC(CC3CCCN(Cc4ccc(Cl)cc4)C3)(c3ccco3)NN2C(N)=N1. The number of guanidine groups is 3. The lowest BCUT2D eigenvalue weighted by Crippen LogP contribution is -2.54. The average Bonchev–Trinajstić information content (AvgIpc) is 3.39. The Kier molecular flexibility index (Phi) is 5.17. The summed E-state index contributed by atoms with van der Waals surface area (Å²) in [6.45, 7) is 2.93. The molecule has 0 bridgehead atoms. The maximum atomic E-state index is 6.06. The molecule has 1 aromatic carbocycles. The van der Waals surface area contributed by atoms with Crippen LogP contribution in [0, 0.1) is 5.92 Å². The van der Waals surface area contributed by atoms with Crippen LogP contribution < -0.4 is 16.9 Å². The van der Waals surface area contributed by atoms with E-state index in [-0.39, 0.29) is 11.9 Å². The van der Waals surface area contributed by atoms with Gasteiger partial charge < -0.3 is 15.9 Å². The molecule has 2 aromatic rings. The fourth-order valence-electron chi connectivity index (χ4n) is 4.55. The minimum absolute atomic E-state index is 0.0938. The number of rotatable bonds is 5. The van der Waals surface area contributed by atoms with Gasteiger partial charge in [0.05, 0.1) is 6.26 Å². The monoisotopic (exact) mass is 440 g/mol. The van der Waals surface area contributed by atoms with Gasteiger partial charge in [-0.05, 0) is 61.6 Å². The molecule has 162 valence electrons. The molecule has 31 heavy (non-hydrogen) atoms. The molecular weight excluding hydrogens is 416 g/mol. The summed E-state index contributed by atoms with van der Waals surface area (Å²) in [5.41, 5.74) is 15.7. The number of nitrogens with zero attached hydrogens (tertiary/aromatic N) is 5. The van der Waals surface area contributed by atoms with Crippen molar-refractivity contribution in [3.8, 4) is 0 Å². The van der Waals surface area contributed by atoms with Crippen molar-refractivity contribution in [2.75, 3.05) is 13.1 Å². The van der Waals surface area contributed by atoms with Crippen molar-refractivity contribution < 1.29 is 4.42 Å². The molecule has 0 radical (unpaired) electrons. The summed E-state index contributed by atoms with van der Waals surface area (Å²) in [7, 11) is 0. The van der Waals surface area contributed by atoms with E-state index >= 15 is 0 Å². The largest absolute Gasteiger partial charge is 0.465 e. The Morgan fingerprint density at radius 1 is 1.19 bits per heavy atom. The summed E-state index contributed by atoms with van der Waals surface area (Å²) in [6, 6.07) is 11.8. The summed E-state index contributed by atoms with van der Waals surface area (Å²) < 4.78 is 5.78. The second-order valence-corrected chi connectivity index (χ2v) is 8.65. The number of hydrogen-bond donors (Lipinski definition) is 3. The van der Waals surface area contributed by atoms with Crippen LogP contribution >= 0.6 is 11.6 Å². The van der Waals surface area contributed by atoms with Crippen molar-refractivity contribution in [1.29, 1.82) is 0 Å². The lowest BCUT2D eigenvalue weighted by molar-refractivity contribution is 0.116. The van der Waals surface area contributed by atoms with E-state index in [2.05, 4.69) is 32.4 Å². The summed E-state index contributed by atoms with van der Waals surface area (Å²) in [6.07, 6.45) is 4.63. The number of furan rings is 1. The van der Waals surface area contributed by atoms with Crippen LogP contribution in [0.2, 0.25) is 5.02 Å². The molecular formula is C21H25ClN8O. The lowest BCUT2D eigenvalue weighted by Gasteiger charge is -2.37. The molecule has 5 N–H and O–H groups in total. The van der Waals surface area contributed by atoms with Crippen LogP contribution in [0.3, 0.4) is 0 Å². The first-order valence-electron chi connectivity index (χ1n) is 10.4. The van der Waals surface area contributed by atoms with E-state index in [0.717, 1.165) is 43.9 Å². The minimum atomic E-state index is -0.805. The van der Waals surface area contributed by atoms with Gasteiger partial charge >= 0.3 is 0 Å². The van der Waals surface area contributed by atoms with Crippen molar-refractivity contribution in [3.63, 3.8) is 0 Å². The predicted molar refractivity (Wildman–Crippen MR) is 120 cm³/mol. The van der Waals surface area contributed by atoms with Crippen LogP contribution in [0.1, 0.15) is 30.6 Å². The first-order chi connectivity index (χ1) is 15.0. The van der Waals surface area contributed by atoms with Gasteiger partial charge in [-0.1, -0.05) is 23.7 Å². The van der Waals surface area contributed by atoms with E-state index in [1.807, 2.05) is 24.3 Å². The average molecular weight is 441 g/mol. The Bertz CT molecular complexity index is 1030. The van der Waals surface area contributed by atoms with Crippen LogP contribution in [0.15, 0.2) is 62.1 Å². The first-order valence-corrected chi connectivity index (χ1v) is 10.8. The van der Waals surface area contributed by atoms with Crippen LogP contribution in [0.5, 0.6) is 0 Å². The van der Waals surface area contributed by atoms with E-state index in [4.69, 9.17) is 32.5 Å². The fourth-order valence-corrected chi connectivity index (χ4v) is 4.68. The Balaban J connectivity index is 1.36. The second kappa shape index (κ2) is 7.99. The van der Waals surface area contributed by atoms with Gasteiger partial charge in [0.2, 0.25) is 17.9 Å². The van der Waals surface area contributed by atoms with Crippen LogP contribution in [0.25, 0.3) is 0 Å². The Labute approximate surface area is 185 Å². The second-order valence-electron chi connectivity index (χ2n) is 8.21.